The van der Waals surface area contributed by atoms with E-state index in [2.05, 4.69) is 21.2 Å². The third-order valence-electron chi connectivity index (χ3n) is 2.79. The minimum Gasteiger partial charge on any atom is -0.480 e. The molecule has 15 heavy (non-hydrogen) atoms. The Balaban J connectivity index is 2.30. The van der Waals surface area contributed by atoms with Crippen molar-refractivity contribution in [2.24, 2.45) is 0 Å². The number of halogens is 1. The van der Waals surface area contributed by atoms with E-state index in [9.17, 15) is 4.79 Å². The molecule has 0 saturated carbocycles. The molecule has 4 heteroatoms. The highest BCUT2D eigenvalue weighted by Crippen LogP contribution is 2.32. The average Bonchev–Trinajstić information content (AvgIpc) is 2.67. The SMILES string of the molecule is O=C(O)[C@H]1NCC[C@@H]1c1ccccc1Br. The van der Waals surface area contributed by atoms with Crippen LogP contribution in [0.3, 0.4) is 0 Å². The lowest BCUT2D eigenvalue weighted by atomic mass is 9.92. The molecular weight excluding hydrogens is 258 g/mol. The topological polar surface area (TPSA) is 49.3 Å². The van der Waals surface area contributed by atoms with Crippen molar-refractivity contribution in [1.82, 2.24) is 5.32 Å². The van der Waals surface area contributed by atoms with Crippen LogP contribution in [0.25, 0.3) is 0 Å². The summed E-state index contributed by atoms with van der Waals surface area (Å²) in [6.07, 6.45) is 0.875. The Kier molecular flexibility index (Phi) is 3.07. The van der Waals surface area contributed by atoms with Crippen molar-refractivity contribution >= 4 is 21.9 Å². The largest absolute Gasteiger partial charge is 0.480 e. The van der Waals surface area contributed by atoms with Gasteiger partial charge in [-0.05, 0) is 24.6 Å². The van der Waals surface area contributed by atoms with E-state index in [-0.39, 0.29) is 5.92 Å². The molecule has 1 aromatic carbocycles. The van der Waals surface area contributed by atoms with Gasteiger partial charge in [0.25, 0.3) is 0 Å². The van der Waals surface area contributed by atoms with Crippen LogP contribution in [0.4, 0.5) is 0 Å². The summed E-state index contributed by atoms with van der Waals surface area (Å²) in [5, 5.41) is 12.1. The van der Waals surface area contributed by atoms with Gasteiger partial charge in [-0.1, -0.05) is 34.1 Å². The Morgan fingerprint density at radius 3 is 2.87 bits per heavy atom. The first-order valence-corrected chi connectivity index (χ1v) is 5.70. The Labute approximate surface area is 96.6 Å². The summed E-state index contributed by atoms with van der Waals surface area (Å²) < 4.78 is 0.991. The molecule has 0 radical (unpaired) electrons. The highest BCUT2D eigenvalue weighted by atomic mass is 79.9. The molecule has 0 bridgehead atoms. The van der Waals surface area contributed by atoms with Crippen LogP contribution in [0.5, 0.6) is 0 Å². The second kappa shape index (κ2) is 4.33. The second-order valence-corrected chi connectivity index (χ2v) is 4.54. The van der Waals surface area contributed by atoms with E-state index < -0.39 is 12.0 Å². The van der Waals surface area contributed by atoms with E-state index >= 15 is 0 Å². The molecule has 1 aliphatic rings. The maximum Gasteiger partial charge on any atom is 0.321 e. The van der Waals surface area contributed by atoms with Gasteiger partial charge in [0.05, 0.1) is 0 Å². The molecule has 1 aliphatic heterocycles. The quantitative estimate of drug-likeness (QED) is 0.863. The van der Waals surface area contributed by atoms with Gasteiger partial charge in [-0.15, -0.1) is 0 Å². The molecule has 0 aliphatic carbocycles. The number of carbonyl (C=O) groups is 1. The Bertz CT molecular complexity index is 381. The van der Waals surface area contributed by atoms with Crippen LogP contribution in [-0.2, 0) is 4.79 Å². The van der Waals surface area contributed by atoms with Crippen molar-refractivity contribution < 1.29 is 9.90 Å². The molecule has 0 unspecified atom stereocenters. The van der Waals surface area contributed by atoms with Crippen LogP contribution in [0.2, 0.25) is 0 Å². The van der Waals surface area contributed by atoms with Crippen molar-refractivity contribution in [2.75, 3.05) is 6.54 Å². The monoisotopic (exact) mass is 269 g/mol. The molecule has 1 aromatic rings. The molecule has 2 atom stereocenters. The molecule has 1 fully saturated rings. The van der Waals surface area contributed by atoms with Crippen molar-refractivity contribution in [3.05, 3.63) is 34.3 Å². The third-order valence-corrected chi connectivity index (χ3v) is 3.51. The zero-order chi connectivity index (χ0) is 10.8. The Morgan fingerprint density at radius 2 is 2.20 bits per heavy atom. The summed E-state index contributed by atoms with van der Waals surface area (Å²) in [6, 6.07) is 7.36. The van der Waals surface area contributed by atoms with Crippen LogP contribution in [0.15, 0.2) is 28.7 Å². The predicted molar refractivity (Wildman–Crippen MR) is 60.9 cm³/mol. The first kappa shape index (κ1) is 10.6. The maximum absolute atomic E-state index is 11.0. The minimum atomic E-state index is -0.770. The van der Waals surface area contributed by atoms with Crippen molar-refractivity contribution in [3.63, 3.8) is 0 Å². The fourth-order valence-electron chi connectivity index (χ4n) is 2.07. The maximum atomic E-state index is 11.0. The number of hydrogen-bond donors (Lipinski definition) is 2. The summed E-state index contributed by atoms with van der Waals surface area (Å²) >= 11 is 3.46. The minimum absolute atomic E-state index is 0.0677. The highest BCUT2D eigenvalue weighted by Gasteiger charge is 2.34. The molecule has 0 spiro atoms. The second-order valence-electron chi connectivity index (χ2n) is 3.69. The fraction of sp³-hybridized carbons (Fsp3) is 0.364. The van der Waals surface area contributed by atoms with Crippen LogP contribution in [-0.4, -0.2) is 23.7 Å². The Morgan fingerprint density at radius 1 is 1.47 bits per heavy atom. The molecule has 3 nitrogen and oxygen atoms in total. The highest BCUT2D eigenvalue weighted by molar-refractivity contribution is 9.10. The van der Waals surface area contributed by atoms with Crippen molar-refractivity contribution in [1.29, 1.82) is 0 Å². The standard InChI is InChI=1S/C11H12BrNO2/c12-9-4-2-1-3-7(9)8-5-6-13-10(8)11(14)15/h1-4,8,10,13H,5-6H2,(H,14,15)/t8-,10+/m1/s1. The van der Waals surface area contributed by atoms with Gasteiger partial charge in [0.2, 0.25) is 0 Å². The van der Waals surface area contributed by atoms with E-state index in [1.165, 1.54) is 0 Å². The zero-order valence-corrected chi connectivity index (χ0v) is 9.70. The zero-order valence-electron chi connectivity index (χ0n) is 8.11. The predicted octanol–water partition coefficient (Wildman–Crippen LogP) is 1.98. The molecule has 0 amide bonds. The molecule has 0 aromatic heterocycles. The average molecular weight is 270 g/mol. The van der Waals surface area contributed by atoms with Crippen LogP contribution < -0.4 is 5.32 Å². The summed E-state index contributed by atoms with van der Waals surface area (Å²) in [5.74, 6) is -0.702. The number of rotatable bonds is 2. The van der Waals surface area contributed by atoms with Gasteiger partial charge in [0.1, 0.15) is 6.04 Å². The number of benzene rings is 1. The first-order chi connectivity index (χ1) is 7.20. The van der Waals surface area contributed by atoms with Crippen molar-refractivity contribution in [2.45, 2.75) is 18.4 Å². The van der Waals surface area contributed by atoms with Gasteiger partial charge >= 0.3 is 5.97 Å². The van der Waals surface area contributed by atoms with Crippen LogP contribution in [0.1, 0.15) is 17.9 Å². The van der Waals surface area contributed by atoms with Gasteiger partial charge in [-0.25, -0.2) is 0 Å². The smallest absolute Gasteiger partial charge is 0.321 e. The van der Waals surface area contributed by atoms with E-state index in [1.54, 1.807) is 0 Å². The van der Waals surface area contributed by atoms with E-state index in [0.29, 0.717) is 0 Å². The van der Waals surface area contributed by atoms with Gasteiger partial charge < -0.3 is 10.4 Å². The summed E-state index contributed by atoms with van der Waals surface area (Å²) in [5.41, 5.74) is 1.08. The molecule has 2 N–H and O–H groups in total. The van der Waals surface area contributed by atoms with E-state index in [0.717, 1.165) is 23.0 Å². The Hall–Kier alpha value is -0.870. The van der Waals surface area contributed by atoms with Crippen LogP contribution in [0, 0.1) is 0 Å². The van der Waals surface area contributed by atoms with Gasteiger partial charge in [-0.3, -0.25) is 4.79 Å². The van der Waals surface area contributed by atoms with Crippen LogP contribution >= 0.6 is 15.9 Å². The van der Waals surface area contributed by atoms with E-state index in [4.69, 9.17) is 5.11 Å². The lowest BCUT2D eigenvalue weighted by Crippen LogP contribution is -2.34. The third kappa shape index (κ3) is 2.06. The normalized spacial score (nSPS) is 25.4. The number of hydrogen-bond acceptors (Lipinski definition) is 2. The molecule has 1 saturated heterocycles. The van der Waals surface area contributed by atoms with E-state index in [1.807, 2.05) is 24.3 Å². The lowest BCUT2D eigenvalue weighted by Gasteiger charge is -2.17. The number of nitrogens with one attached hydrogen (secondary N) is 1. The fourth-order valence-corrected chi connectivity index (χ4v) is 2.65. The summed E-state index contributed by atoms with van der Waals surface area (Å²) in [6.45, 7) is 0.767. The lowest BCUT2D eigenvalue weighted by molar-refractivity contribution is -0.139. The number of aliphatic carboxylic acids is 1. The van der Waals surface area contributed by atoms with Crippen molar-refractivity contribution in [3.8, 4) is 0 Å². The summed E-state index contributed by atoms with van der Waals surface area (Å²) in [4.78, 5) is 11.0. The molecular formula is C11H12BrNO2. The first-order valence-electron chi connectivity index (χ1n) is 4.91. The number of carboxylic acids is 1. The van der Waals surface area contributed by atoms with Gasteiger partial charge in [0.15, 0.2) is 0 Å². The van der Waals surface area contributed by atoms with Gasteiger partial charge in [-0.2, -0.15) is 0 Å². The molecule has 80 valence electrons. The molecule has 2 rings (SSSR count). The summed E-state index contributed by atoms with van der Waals surface area (Å²) in [7, 11) is 0. The van der Waals surface area contributed by atoms with Gasteiger partial charge in [0, 0.05) is 10.4 Å². The molecule has 1 heterocycles. The number of carboxylic acid groups (broad SMARTS) is 1.